The molecule has 3 aromatic carbocycles. The summed E-state index contributed by atoms with van der Waals surface area (Å²) in [5.41, 5.74) is 5.36. The van der Waals surface area contributed by atoms with Gasteiger partial charge < -0.3 is 14.5 Å². The lowest BCUT2D eigenvalue weighted by atomic mass is 10.1. The predicted molar refractivity (Wildman–Crippen MR) is 119 cm³/mol. The molecule has 6 nitrogen and oxygen atoms in total. The zero-order valence-electron chi connectivity index (χ0n) is 17.4. The fraction of sp³-hybridized carbons (Fsp3) is 0.250. The lowest BCUT2D eigenvalue weighted by molar-refractivity contribution is -0.384. The molecule has 1 fully saturated rings. The van der Waals surface area contributed by atoms with Crippen LogP contribution in [0.2, 0.25) is 0 Å². The van der Waals surface area contributed by atoms with Crippen molar-refractivity contribution in [3.8, 4) is 5.75 Å². The van der Waals surface area contributed by atoms with Gasteiger partial charge in [-0.2, -0.15) is 0 Å². The van der Waals surface area contributed by atoms with E-state index >= 15 is 0 Å². The van der Waals surface area contributed by atoms with Gasteiger partial charge in [-0.15, -0.1) is 0 Å². The highest BCUT2D eigenvalue weighted by Gasteiger charge is 2.36. The highest BCUT2D eigenvalue weighted by atomic mass is 16.6. The van der Waals surface area contributed by atoms with E-state index in [1.54, 1.807) is 19.2 Å². The molecule has 0 atom stereocenters. The lowest BCUT2D eigenvalue weighted by Crippen LogP contribution is -2.31. The fourth-order valence-corrected chi connectivity index (χ4v) is 4.16. The van der Waals surface area contributed by atoms with Crippen LogP contribution in [-0.4, -0.2) is 25.1 Å². The highest BCUT2D eigenvalue weighted by molar-refractivity contribution is 5.62. The van der Waals surface area contributed by atoms with Crippen molar-refractivity contribution in [3.05, 3.63) is 93.5 Å². The average Bonchev–Trinajstić information content (AvgIpc) is 3.18. The summed E-state index contributed by atoms with van der Waals surface area (Å²) in [4.78, 5) is 15.7. The number of hydrogen-bond acceptors (Lipinski definition) is 5. The number of nitrogens with zero attached hydrogens (tertiary/aromatic N) is 3. The summed E-state index contributed by atoms with van der Waals surface area (Å²) < 4.78 is 5.63. The second-order valence-electron chi connectivity index (χ2n) is 7.62. The molecule has 0 bridgehead atoms. The van der Waals surface area contributed by atoms with Crippen LogP contribution < -0.4 is 14.5 Å². The lowest BCUT2D eigenvalue weighted by Gasteiger charge is -2.34. The minimum Gasteiger partial charge on any atom is -0.496 e. The summed E-state index contributed by atoms with van der Waals surface area (Å²) >= 11 is 0. The Balaban J connectivity index is 1.88. The smallest absolute Gasteiger partial charge is 0.270 e. The van der Waals surface area contributed by atoms with E-state index in [9.17, 15) is 10.1 Å². The molecule has 0 amide bonds. The zero-order chi connectivity index (χ0) is 21.3. The van der Waals surface area contributed by atoms with Crippen molar-refractivity contribution in [1.29, 1.82) is 0 Å². The zero-order valence-corrected chi connectivity index (χ0v) is 17.4. The van der Waals surface area contributed by atoms with E-state index in [0.29, 0.717) is 5.75 Å². The first-order chi connectivity index (χ1) is 14.5. The van der Waals surface area contributed by atoms with Crippen molar-refractivity contribution < 1.29 is 9.66 Å². The molecule has 0 unspecified atom stereocenters. The quantitative estimate of drug-likeness (QED) is 0.430. The normalized spacial score (nSPS) is 14.2. The van der Waals surface area contributed by atoms with Crippen molar-refractivity contribution in [2.24, 2.45) is 0 Å². The first-order valence-electron chi connectivity index (χ1n) is 9.97. The maximum atomic E-state index is 11.5. The summed E-state index contributed by atoms with van der Waals surface area (Å²) in [6.07, 6.45) is -0.219. The maximum absolute atomic E-state index is 11.5. The van der Waals surface area contributed by atoms with Gasteiger partial charge >= 0.3 is 0 Å². The second kappa shape index (κ2) is 8.06. The molecule has 6 heteroatoms. The van der Waals surface area contributed by atoms with Gasteiger partial charge in [0.2, 0.25) is 0 Å². The fourth-order valence-electron chi connectivity index (χ4n) is 4.16. The molecule has 0 aromatic heterocycles. The number of hydrogen-bond donors (Lipinski definition) is 0. The molecule has 154 valence electrons. The molecule has 0 radical (unpaired) electrons. The topological polar surface area (TPSA) is 58.9 Å². The van der Waals surface area contributed by atoms with E-state index in [1.165, 1.54) is 17.2 Å². The molecule has 0 aliphatic carbocycles. The van der Waals surface area contributed by atoms with E-state index < -0.39 is 0 Å². The number of ether oxygens (including phenoxy) is 1. The van der Waals surface area contributed by atoms with Gasteiger partial charge in [0, 0.05) is 42.2 Å². The van der Waals surface area contributed by atoms with Gasteiger partial charge in [0.25, 0.3) is 5.69 Å². The summed E-state index contributed by atoms with van der Waals surface area (Å²) in [5.74, 6) is 0.641. The van der Waals surface area contributed by atoms with Gasteiger partial charge in [0.05, 0.1) is 12.0 Å². The first kappa shape index (κ1) is 19.8. The minimum absolute atomic E-state index is 0.0612. The van der Waals surface area contributed by atoms with Crippen molar-refractivity contribution in [1.82, 2.24) is 0 Å². The largest absolute Gasteiger partial charge is 0.496 e. The Kier molecular flexibility index (Phi) is 5.31. The highest BCUT2D eigenvalue weighted by Crippen LogP contribution is 2.42. The molecular weight excluding hydrogens is 378 g/mol. The van der Waals surface area contributed by atoms with Crippen molar-refractivity contribution in [3.63, 3.8) is 0 Å². The number of aryl methyl sites for hydroxylation is 2. The first-order valence-corrected chi connectivity index (χ1v) is 9.97. The Morgan fingerprint density at radius 3 is 1.93 bits per heavy atom. The summed E-state index contributed by atoms with van der Waals surface area (Å²) in [6.45, 7) is 5.74. The van der Waals surface area contributed by atoms with Crippen LogP contribution in [0.4, 0.5) is 17.1 Å². The van der Waals surface area contributed by atoms with Crippen molar-refractivity contribution >= 4 is 17.1 Å². The van der Waals surface area contributed by atoms with Crippen molar-refractivity contribution in [2.75, 3.05) is 30.0 Å². The predicted octanol–water partition coefficient (Wildman–Crippen LogP) is 5.25. The molecule has 4 rings (SSSR count). The molecule has 1 saturated heterocycles. The molecule has 3 aromatic rings. The number of anilines is 2. The number of nitro groups is 1. The molecular formula is C24H25N3O3. The van der Waals surface area contributed by atoms with Gasteiger partial charge in [-0.3, -0.25) is 10.1 Å². The SMILES string of the molecule is COc1ccc([N+](=O)[O-])cc1C1N(c2cccc(C)c2)CCN1c1cccc(C)c1. The van der Waals surface area contributed by atoms with Crippen LogP contribution in [0, 0.1) is 24.0 Å². The third-order valence-corrected chi connectivity index (χ3v) is 5.54. The molecule has 0 saturated carbocycles. The van der Waals surface area contributed by atoms with Crippen LogP contribution >= 0.6 is 0 Å². The van der Waals surface area contributed by atoms with Gasteiger partial charge in [0.1, 0.15) is 11.9 Å². The molecule has 30 heavy (non-hydrogen) atoms. The third-order valence-electron chi connectivity index (χ3n) is 5.54. The van der Waals surface area contributed by atoms with E-state index in [4.69, 9.17) is 4.74 Å². The molecule has 0 N–H and O–H groups in total. The maximum Gasteiger partial charge on any atom is 0.270 e. The number of rotatable bonds is 5. The van der Waals surface area contributed by atoms with Crippen LogP contribution in [0.5, 0.6) is 5.75 Å². The van der Waals surface area contributed by atoms with Crippen molar-refractivity contribution in [2.45, 2.75) is 20.0 Å². The number of benzene rings is 3. The number of non-ortho nitro benzene ring substituents is 1. The van der Waals surface area contributed by atoms with Crippen LogP contribution in [0.15, 0.2) is 66.7 Å². The van der Waals surface area contributed by atoms with Crippen LogP contribution in [-0.2, 0) is 0 Å². The Morgan fingerprint density at radius 2 is 1.47 bits per heavy atom. The average molecular weight is 403 g/mol. The summed E-state index contributed by atoms with van der Waals surface area (Å²) in [5, 5.41) is 11.5. The number of methoxy groups -OCH3 is 1. The van der Waals surface area contributed by atoms with Crippen LogP contribution in [0.3, 0.4) is 0 Å². The van der Waals surface area contributed by atoms with E-state index in [1.807, 2.05) is 12.1 Å². The second-order valence-corrected chi connectivity index (χ2v) is 7.62. The van der Waals surface area contributed by atoms with Gasteiger partial charge in [-0.05, 0) is 55.3 Å². The van der Waals surface area contributed by atoms with E-state index in [2.05, 4.69) is 60.0 Å². The van der Waals surface area contributed by atoms with Gasteiger partial charge in [-0.25, -0.2) is 0 Å². The summed E-state index contributed by atoms with van der Waals surface area (Å²) in [7, 11) is 1.60. The van der Waals surface area contributed by atoms with Crippen LogP contribution in [0.25, 0.3) is 0 Å². The summed E-state index contributed by atoms with van der Waals surface area (Å²) in [6, 6.07) is 21.5. The standard InChI is InChI=1S/C24H25N3O3/c1-17-6-4-8-19(14-17)25-12-13-26(20-9-5-7-18(2)15-20)24(25)22-16-21(27(28)29)10-11-23(22)30-3/h4-11,14-16,24H,12-13H2,1-3H3. The minimum atomic E-state index is -0.355. The Labute approximate surface area is 176 Å². The number of nitro benzene ring substituents is 1. The Morgan fingerprint density at radius 1 is 0.900 bits per heavy atom. The van der Waals surface area contributed by atoms with E-state index in [0.717, 1.165) is 30.0 Å². The van der Waals surface area contributed by atoms with Gasteiger partial charge in [-0.1, -0.05) is 24.3 Å². The molecule has 1 aliphatic heterocycles. The van der Waals surface area contributed by atoms with Crippen LogP contribution in [0.1, 0.15) is 22.9 Å². The molecule has 1 aliphatic rings. The Hall–Kier alpha value is -3.54. The molecule has 0 spiro atoms. The Bertz CT molecular complexity index is 1030. The molecule has 1 heterocycles. The van der Waals surface area contributed by atoms with E-state index in [-0.39, 0.29) is 16.8 Å². The third kappa shape index (κ3) is 3.68. The monoisotopic (exact) mass is 403 g/mol. The van der Waals surface area contributed by atoms with Gasteiger partial charge in [0.15, 0.2) is 0 Å².